The van der Waals surface area contributed by atoms with Crippen LogP contribution in [0.25, 0.3) is 5.65 Å². The Morgan fingerprint density at radius 3 is 2.73 bits per heavy atom. The van der Waals surface area contributed by atoms with Gasteiger partial charge >= 0.3 is 0 Å². The summed E-state index contributed by atoms with van der Waals surface area (Å²) in [7, 11) is 0. The van der Waals surface area contributed by atoms with E-state index in [1.807, 2.05) is 0 Å². The minimum absolute atomic E-state index is 0.229. The molecular weight excluding hydrogens is 552 g/mol. The number of nitrogens with one attached hydrogen (secondary N) is 1. The average molecular weight is 579 g/mol. The van der Waals surface area contributed by atoms with Crippen LogP contribution in [0.1, 0.15) is 36.5 Å². The number of aromatic nitrogens is 4. The van der Waals surface area contributed by atoms with Crippen molar-refractivity contribution in [3.05, 3.63) is 75.9 Å². The normalized spacial score (nSPS) is 18.4. The summed E-state index contributed by atoms with van der Waals surface area (Å²) in [5.74, 6) is -0.627. The number of rotatable bonds is 5. The van der Waals surface area contributed by atoms with Crippen LogP contribution in [-0.4, -0.2) is 56.2 Å². The summed E-state index contributed by atoms with van der Waals surface area (Å²) in [6, 6.07) is 10.0. The minimum atomic E-state index is -0.816. The molecule has 0 unspecified atom stereocenters. The monoisotopic (exact) mass is 578 g/mol. The van der Waals surface area contributed by atoms with Crippen molar-refractivity contribution in [2.45, 2.75) is 42.2 Å². The van der Waals surface area contributed by atoms with E-state index in [0.717, 1.165) is 44.8 Å². The second-order valence-corrected chi connectivity index (χ2v) is 11.7. The van der Waals surface area contributed by atoms with Crippen LogP contribution in [0.5, 0.6) is 5.88 Å². The highest BCUT2D eigenvalue weighted by Gasteiger charge is 2.41. The molecular formula is C28H27ClN6O4S. The number of nitrogens with zero attached hydrogens (tertiary/aromatic N) is 5. The maximum absolute atomic E-state index is 13.0. The maximum Gasteiger partial charge on any atom is 0.274 e. The van der Waals surface area contributed by atoms with Gasteiger partial charge in [-0.25, -0.2) is 9.97 Å². The van der Waals surface area contributed by atoms with Gasteiger partial charge in [-0.05, 0) is 55.9 Å². The van der Waals surface area contributed by atoms with Crippen molar-refractivity contribution in [2.75, 3.05) is 29.9 Å². The van der Waals surface area contributed by atoms with E-state index in [4.69, 9.17) is 16.3 Å². The molecule has 12 heteroatoms. The molecule has 0 bridgehead atoms. The van der Waals surface area contributed by atoms with Gasteiger partial charge in [0.2, 0.25) is 5.88 Å². The molecule has 0 saturated carbocycles. The standard InChI is InChI=1S/C28H27ClN6O4S/c1-17-13-28(16-39-17)8-11-34(12-9-28)21-14-31-22(15-30-21)40-19-6-4-5-18(24(19)29)32-25(36)23-26(37)33-20-7-2-3-10-35(20)27(23)38/h2-7,10,14-15,17,37H,8-9,11-13,16H2,1H3,(H,32,36)/t17-/m0/s1. The number of fused-ring (bicyclic) bond motifs is 1. The molecule has 2 aliphatic rings. The number of benzene rings is 1. The fourth-order valence-electron chi connectivity index (χ4n) is 5.39. The first-order valence-corrected chi connectivity index (χ1v) is 14.2. The first kappa shape index (κ1) is 26.5. The number of aromatic hydroxyl groups is 1. The van der Waals surface area contributed by atoms with E-state index >= 15 is 0 Å². The zero-order valence-electron chi connectivity index (χ0n) is 21.7. The lowest BCUT2D eigenvalue weighted by molar-refractivity contribution is 0.0975. The molecule has 3 aromatic heterocycles. The number of halogens is 1. The first-order chi connectivity index (χ1) is 19.3. The van der Waals surface area contributed by atoms with Crippen molar-refractivity contribution in [2.24, 2.45) is 5.41 Å². The summed E-state index contributed by atoms with van der Waals surface area (Å²) in [5.41, 5.74) is -0.350. The number of anilines is 2. The predicted octanol–water partition coefficient (Wildman–Crippen LogP) is 4.64. The molecule has 0 aliphatic carbocycles. The van der Waals surface area contributed by atoms with E-state index in [0.29, 0.717) is 21.4 Å². The number of carbonyl (C=O) groups is 1. The molecule has 40 heavy (non-hydrogen) atoms. The molecule has 10 nitrogen and oxygen atoms in total. The largest absolute Gasteiger partial charge is 0.493 e. The Morgan fingerprint density at radius 1 is 1.18 bits per heavy atom. The molecule has 5 heterocycles. The summed E-state index contributed by atoms with van der Waals surface area (Å²) < 4.78 is 7.03. The Bertz CT molecular complexity index is 1640. The smallest absolute Gasteiger partial charge is 0.274 e. The highest BCUT2D eigenvalue weighted by atomic mass is 35.5. The summed E-state index contributed by atoms with van der Waals surface area (Å²) in [5, 5.41) is 13.8. The molecule has 0 radical (unpaired) electrons. The Hall–Kier alpha value is -3.67. The second-order valence-electron chi connectivity index (χ2n) is 10.2. The van der Waals surface area contributed by atoms with E-state index in [1.165, 1.54) is 22.4 Å². The van der Waals surface area contributed by atoms with Crippen LogP contribution in [0.3, 0.4) is 0 Å². The lowest BCUT2D eigenvalue weighted by atomic mass is 9.77. The van der Waals surface area contributed by atoms with E-state index in [1.54, 1.807) is 48.8 Å². The van der Waals surface area contributed by atoms with Gasteiger partial charge in [-0.2, -0.15) is 4.98 Å². The van der Waals surface area contributed by atoms with Crippen LogP contribution in [0.2, 0.25) is 5.02 Å². The summed E-state index contributed by atoms with van der Waals surface area (Å²) in [4.78, 5) is 41.9. The van der Waals surface area contributed by atoms with Gasteiger partial charge in [0.25, 0.3) is 11.5 Å². The van der Waals surface area contributed by atoms with Gasteiger partial charge in [0.05, 0.1) is 35.8 Å². The van der Waals surface area contributed by atoms with Crippen LogP contribution in [0, 0.1) is 5.41 Å². The van der Waals surface area contributed by atoms with Gasteiger partial charge < -0.3 is 20.1 Å². The maximum atomic E-state index is 13.0. The fourth-order valence-corrected chi connectivity index (χ4v) is 6.46. The fraction of sp³-hybridized carbons (Fsp3) is 0.321. The van der Waals surface area contributed by atoms with Gasteiger partial charge in [-0.15, -0.1) is 0 Å². The van der Waals surface area contributed by atoms with Gasteiger partial charge in [0.15, 0.2) is 5.56 Å². The van der Waals surface area contributed by atoms with E-state index < -0.39 is 22.9 Å². The number of carbonyl (C=O) groups excluding carboxylic acids is 1. The van der Waals surface area contributed by atoms with Gasteiger partial charge in [0, 0.05) is 24.2 Å². The van der Waals surface area contributed by atoms with Crippen molar-refractivity contribution in [3.8, 4) is 5.88 Å². The third kappa shape index (κ3) is 5.12. The highest BCUT2D eigenvalue weighted by molar-refractivity contribution is 7.99. The molecule has 206 valence electrons. The Balaban J connectivity index is 1.14. The third-order valence-electron chi connectivity index (χ3n) is 7.53. The summed E-state index contributed by atoms with van der Waals surface area (Å²) >= 11 is 7.93. The molecule has 1 spiro atoms. The molecule has 6 rings (SSSR count). The third-order valence-corrected chi connectivity index (χ3v) is 9.02. The van der Waals surface area contributed by atoms with Crippen molar-refractivity contribution < 1.29 is 14.6 Å². The topological polar surface area (TPSA) is 122 Å². The summed E-state index contributed by atoms with van der Waals surface area (Å²) in [6.45, 7) is 4.85. The van der Waals surface area contributed by atoms with E-state index in [2.05, 4.69) is 32.1 Å². The molecule has 1 atom stereocenters. The van der Waals surface area contributed by atoms with Crippen molar-refractivity contribution in [1.29, 1.82) is 0 Å². The van der Waals surface area contributed by atoms with Crippen molar-refractivity contribution >= 4 is 46.4 Å². The molecule has 2 saturated heterocycles. The number of pyridine rings is 1. The number of piperidine rings is 1. The van der Waals surface area contributed by atoms with Crippen LogP contribution in [0.4, 0.5) is 11.5 Å². The molecule has 1 aromatic carbocycles. The van der Waals surface area contributed by atoms with E-state index in [9.17, 15) is 14.7 Å². The van der Waals surface area contributed by atoms with Crippen molar-refractivity contribution in [1.82, 2.24) is 19.4 Å². The zero-order chi connectivity index (χ0) is 27.9. The van der Waals surface area contributed by atoms with Gasteiger partial charge in [-0.3, -0.25) is 14.0 Å². The van der Waals surface area contributed by atoms with Crippen molar-refractivity contribution in [3.63, 3.8) is 0 Å². The van der Waals surface area contributed by atoms with Crippen LogP contribution >= 0.6 is 23.4 Å². The molecule has 4 aromatic rings. The summed E-state index contributed by atoms with van der Waals surface area (Å²) in [6.07, 6.45) is 8.60. The number of ether oxygens (including phenoxy) is 1. The average Bonchev–Trinajstić information content (AvgIpc) is 3.31. The zero-order valence-corrected chi connectivity index (χ0v) is 23.3. The predicted molar refractivity (Wildman–Crippen MR) is 153 cm³/mol. The molecule has 1 amide bonds. The minimum Gasteiger partial charge on any atom is -0.493 e. The van der Waals surface area contributed by atoms with Gasteiger partial charge in [-0.1, -0.05) is 35.5 Å². The van der Waals surface area contributed by atoms with Crippen LogP contribution in [0.15, 0.2) is 69.7 Å². The Kier molecular flexibility index (Phi) is 7.11. The number of amides is 1. The Labute approximate surface area is 239 Å². The number of hydrogen-bond donors (Lipinski definition) is 2. The lowest BCUT2D eigenvalue weighted by Crippen LogP contribution is -2.41. The van der Waals surface area contributed by atoms with Crippen LogP contribution < -0.4 is 15.8 Å². The highest BCUT2D eigenvalue weighted by Crippen LogP contribution is 2.42. The number of hydrogen-bond acceptors (Lipinski definition) is 9. The quantitative estimate of drug-likeness (QED) is 0.348. The van der Waals surface area contributed by atoms with Crippen LogP contribution in [-0.2, 0) is 4.74 Å². The molecule has 2 fully saturated rings. The SMILES string of the molecule is C[C@H]1CC2(CCN(c3cnc(Sc4cccc(NC(=O)c5c(O)nc6ccccn6c5=O)c4Cl)cn3)CC2)CO1. The van der Waals surface area contributed by atoms with Gasteiger partial charge in [0.1, 0.15) is 16.5 Å². The van der Waals surface area contributed by atoms with E-state index in [-0.39, 0.29) is 16.4 Å². The first-order valence-electron chi connectivity index (χ1n) is 13.0. The second kappa shape index (κ2) is 10.7. The lowest BCUT2D eigenvalue weighted by Gasteiger charge is -2.38. The Morgan fingerprint density at radius 2 is 2.00 bits per heavy atom. The molecule has 2 aliphatic heterocycles. The molecule has 2 N–H and O–H groups in total.